The lowest BCUT2D eigenvalue weighted by Crippen LogP contribution is -2.41. The van der Waals surface area contributed by atoms with Gasteiger partial charge in [0.15, 0.2) is 0 Å². The molecule has 1 atom stereocenters. The van der Waals surface area contributed by atoms with Gasteiger partial charge in [-0.05, 0) is 45.8 Å². The molecule has 0 rings (SSSR count). The summed E-state index contributed by atoms with van der Waals surface area (Å²) in [5, 5.41) is 3.53. The summed E-state index contributed by atoms with van der Waals surface area (Å²) in [6.45, 7) is 14.0. The molecule has 0 saturated carbocycles. The van der Waals surface area contributed by atoms with E-state index in [0.29, 0.717) is 6.04 Å². The predicted molar refractivity (Wildman–Crippen MR) is 74.0 cm³/mol. The zero-order valence-corrected chi connectivity index (χ0v) is 11.9. The second-order valence-corrected chi connectivity index (χ2v) is 4.80. The standard InChI is InChI=1S/C14H32N2/c1-5-8-11-16(12-9-6-2)14(4)13-15-10-7-3/h14-15H,5-13H2,1-4H3. The van der Waals surface area contributed by atoms with E-state index in [1.54, 1.807) is 0 Å². The molecule has 98 valence electrons. The molecule has 0 aliphatic heterocycles. The molecule has 0 aromatic heterocycles. The minimum Gasteiger partial charge on any atom is -0.315 e. The van der Waals surface area contributed by atoms with Crippen molar-refractivity contribution in [3.05, 3.63) is 0 Å². The van der Waals surface area contributed by atoms with Crippen molar-refractivity contribution < 1.29 is 0 Å². The van der Waals surface area contributed by atoms with Crippen molar-refractivity contribution in [2.45, 2.75) is 65.8 Å². The Balaban J connectivity index is 3.83. The van der Waals surface area contributed by atoms with Crippen LogP contribution < -0.4 is 5.32 Å². The molecule has 0 saturated heterocycles. The van der Waals surface area contributed by atoms with Crippen LogP contribution in [0.1, 0.15) is 59.8 Å². The van der Waals surface area contributed by atoms with E-state index in [0.717, 1.165) is 13.1 Å². The quantitative estimate of drug-likeness (QED) is 0.546. The van der Waals surface area contributed by atoms with Crippen LogP contribution >= 0.6 is 0 Å². The Morgan fingerprint density at radius 3 is 1.94 bits per heavy atom. The molecule has 0 aromatic carbocycles. The van der Waals surface area contributed by atoms with E-state index < -0.39 is 0 Å². The van der Waals surface area contributed by atoms with Crippen molar-refractivity contribution in [2.24, 2.45) is 0 Å². The highest BCUT2D eigenvalue weighted by molar-refractivity contribution is 4.69. The summed E-state index contributed by atoms with van der Waals surface area (Å²) in [4.78, 5) is 2.65. The van der Waals surface area contributed by atoms with E-state index in [9.17, 15) is 0 Å². The van der Waals surface area contributed by atoms with Crippen LogP contribution in [0.5, 0.6) is 0 Å². The first kappa shape index (κ1) is 15.9. The van der Waals surface area contributed by atoms with E-state index >= 15 is 0 Å². The maximum absolute atomic E-state index is 3.53. The Morgan fingerprint density at radius 1 is 0.938 bits per heavy atom. The summed E-state index contributed by atoms with van der Waals surface area (Å²) in [6, 6.07) is 0.685. The van der Waals surface area contributed by atoms with Crippen LogP contribution in [0, 0.1) is 0 Å². The molecular formula is C14H32N2. The second kappa shape index (κ2) is 11.4. The van der Waals surface area contributed by atoms with Gasteiger partial charge in [0, 0.05) is 12.6 Å². The second-order valence-electron chi connectivity index (χ2n) is 4.80. The van der Waals surface area contributed by atoms with Gasteiger partial charge in [-0.2, -0.15) is 0 Å². The van der Waals surface area contributed by atoms with Gasteiger partial charge in [-0.3, -0.25) is 4.90 Å². The fraction of sp³-hybridized carbons (Fsp3) is 1.00. The highest BCUT2D eigenvalue weighted by Gasteiger charge is 2.11. The first-order valence-corrected chi connectivity index (χ1v) is 7.20. The molecule has 0 bridgehead atoms. The average Bonchev–Trinajstić information content (AvgIpc) is 2.29. The maximum atomic E-state index is 3.53. The number of nitrogens with one attached hydrogen (secondary N) is 1. The third-order valence-electron chi connectivity index (χ3n) is 3.09. The van der Waals surface area contributed by atoms with Gasteiger partial charge >= 0.3 is 0 Å². The van der Waals surface area contributed by atoms with Gasteiger partial charge in [-0.1, -0.05) is 33.6 Å². The molecule has 0 fully saturated rings. The lowest BCUT2D eigenvalue weighted by atomic mass is 10.2. The molecule has 0 spiro atoms. The van der Waals surface area contributed by atoms with Crippen LogP contribution in [0.3, 0.4) is 0 Å². The van der Waals surface area contributed by atoms with Crippen LogP contribution in [-0.2, 0) is 0 Å². The highest BCUT2D eigenvalue weighted by Crippen LogP contribution is 2.04. The van der Waals surface area contributed by atoms with Crippen molar-refractivity contribution in [1.82, 2.24) is 10.2 Å². The molecule has 1 unspecified atom stereocenters. The number of unbranched alkanes of at least 4 members (excludes halogenated alkanes) is 2. The van der Waals surface area contributed by atoms with Crippen molar-refractivity contribution in [3.63, 3.8) is 0 Å². The van der Waals surface area contributed by atoms with Crippen molar-refractivity contribution >= 4 is 0 Å². The van der Waals surface area contributed by atoms with E-state index in [-0.39, 0.29) is 0 Å². The third-order valence-corrected chi connectivity index (χ3v) is 3.09. The Bertz CT molecular complexity index is 129. The maximum Gasteiger partial charge on any atom is 0.0192 e. The molecule has 0 aromatic rings. The summed E-state index contributed by atoms with van der Waals surface area (Å²) < 4.78 is 0. The van der Waals surface area contributed by atoms with Crippen LogP contribution in [0.2, 0.25) is 0 Å². The first-order valence-electron chi connectivity index (χ1n) is 7.20. The van der Waals surface area contributed by atoms with E-state index in [4.69, 9.17) is 0 Å². The van der Waals surface area contributed by atoms with Gasteiger partial charge in [-0.25, -0.2) is 0 Å². The first-order chi connectivity index (χ1) is 7.76. The Labute approximate surface area is 103 Å². The lowest BCUT2D eigenvalue weighted by molar-refractivity contribution is 0.198. The van der Waals surface area contributed by atoms with E-state index in [2.05, 4.69) is 37.9 Å². The zero-order valence-electron chi connectivity index (χ0n) is 11.9. The van der Waals surface area contributed by atoms with Crippen molar-refractivity contribution in [2.75, 3.05) is 26.2 Å². The number of hydrogen-bond acceptors (Lipinski definition) is 2. The minimum absolute atomic E-state index is 0.685. The normalized spacial score (nSPS) is 13.3. The highest BCUT2D eigenvalue weighted by atomic mass is 15.2. The molecular weight excluding hydrogens is 196 g/mol. The van der Waals surface area contributed by atoms with E-state index in [1.807, 2.05) is 0 Å². The topological polar surface area (TPSA) is 15.3 Å². The summed E-state index contributed by atoms with van der Waals surface area (Å²) in [5.74, 6) is 0. The summed E-state index contributed by atoms with van der Waals surface area (Å²) in [7, 11) is 0. The van der Waals surface area contributed by atoms with Crippen LogP contribution in [0.15, 0.2) is 0 Å². The lowest BCUT2D eigenvalue weighted by Gasteiger charge is -2.29. The molecule has 0 amide bonds. The van der Waals surface area contributed by atoms with Gasteiger partial charge in [0.05, 0.1) is 0 Å². The fourth-order valence-corrected chi connectivity index (χ4v) is 1.89. The molecule has 16 heavy (non-hydrogen) atoms. The largest absolute Gasteiger partial charge is 0.315 e. The minimum atomic E-state index is 0.685. The summed E-state index contributed by atoms with van der Waals surface area (Å²) in [5.41, 5.74) is 0. The molecule has 1 N–H and O–H groups in total. The van der Waals surface area contributed by atoms with Gasteiger partial charge in [0.2, 0.25) is 0 Å². The molecule has 2 heteroatoms. The fourth-order valence-electron chi connectivity index (χ4n) is 1.89. The third kappa shape index (κ3) is 8.12. The number of nitrogens with zero attached hydrogens (tertiary/aromatic N) is 1. The molecule has 2 nitrogen and oxygen atoms in total. The van der Waals surface area contributed by atoms with Gasteiger partial charge < -0.3 is 5.32 Å². The number of hydrogen-bond donors (Lipinski definition) is 1. The number of rotatable bonds is 11. The Hall–Kier alpha value is -0.0800. The van der Waals surface area contributed by atoms with Crippen LogP contribution in [0.4, 0.5) is 0 Å². The van der Waals surface area contributed by atoms with Gasteiger partial charge in [0.1, 0.15) is 0 Å². The Kier molecular flexibility index (Phi) is 11.3. The summed E-state index contributed by atoms with van der Waals surface area (Å²) in [6.07, 6.45) is 6.51. The smallest absolute Gasteiger partial charge is 0.0192 e. The molecule has 0 aliphatic carbocycles. The molecule has 0 aliphatic rings. The van der Waals surface area contributed by atoms with Crippen molar-refractivity contribution in [1.29, 1.82) is 0 Å². The average molecular weight is 228 g/mol. The Morgan fingerprint density at radius 2 is 1.50 bits per heavy atom. The monoisotopic (exact) mass is 228 g/mol. The predicted octanol–water partition coefficient (Wildman–Crippen LogP) is 3.28. The van der Waals surface area contributed by atoms with Crippen LogP contribution in [0.25, 0.3) is 0 Å². The molecule has 0 heterocycles. The zero-order chi connectivity index (χ0) is 12.2. The summed E-state index contributed by atoms with van der Waals surface area (Å²) >= 11 is 0. The van der Waals surface area contributed by atoms with Crippen molar-refractivity contribution in [3.8, 4) is 0 Å². The van der Waals surface area contributed by atoms with Gasteiger partial charge in [-0.15, -0.1) is 0 Å². The van der Waals surface area contributed by atoms with Gasteiger partial charge in [0.25, 0.3) is 0 Å². The van der Waals surface area contributed by atoms with Crippen LogP contribution in [-0.4, -0.2) is 37.1 Å². The molecule has 0 radical (unpaired) electrons. The SMILES string of the molecule is CCCCN(CCCC)C(C)CNCCC. The van der Waals surface area contributed by atoms with E-state index in [1.165, 1.54) is 45.2 Å².